The Kier molecular flexibility index (Phi) is 3.99. The summed E-state index contributed by atoms with van der Waals surface area (Å²) < 4.78 is 0. The zero-order valence-electron chi connectivity index (χ0n) is 9.05. The molecule has 0 unspecified atom stereocenters. The molecule has 0 atom stereocenters. The van der Waals surface area contributed by atoms with Gasteiger partial charge in [-0.2, -0.15) is 5.26 Å². The van der Waals surface area contributed by atoms with E-state index in [4.69, 9.17) is 16.9 Å². The van der Waals surface area contributed by atoms with Gasteiger partial charge < -0.3 is 5.32 Å². The van der Waals surface area contributed by atoms with Crippen LogP contribution in [0.4, 0.5) is 5.69 Å². The Labute approximate surface area is 95.9 Å². The minimum absolute atomic E-state index is 0.464. The molecular formula is C12H15ClN2. The van der Waals surface area contributed by atoms with Crippen LogP contribution in [0.1, 0.15) is 26.7 Å². The molecule has 0 aliphatic heterocycles. The minimum atomic E-state index is -0.464. The van der Waals surface area contributed by atoms with Crippen LogP contribution in [-0.4, -0.2) is 5.54 Å². The van der Waals surface area contributed by atoms with E-state index >= 15 is 0 Å². The van der Waals surface area contributed by atoms with Crippen LogP contribution in [0.25, 0.3) is 0 Å². The number of hydrogen-bond acceptors (Lipinski definition) is 2. The number of halogens is 1. The summed E-state index contributed by atoms with van der Waals surface area (Å²) in [5.74, 6) is 0. The van der Waals surface area contributed by atoms with Crippen molar-refractivity contribution in [3.63, 3.8) is 0 Å². The highest BCUT2D eigenvalue weighted by Gasteiger charge is 2.24. The molecule has 0 fully saturated rings. The van der Waals surface area contributed by atoms with E-state index in [0.29, 0.717) is 5.02 Å². The SMILES string of the molecule is CCC(C#N)(CC)Nc1ccc(Cl)cc1. The average Bonchev–Trinajstić information content (AvgIpc) is 2.29. The van der Waals surface area contributed by atoms with Crippen LogP contribution in [-0.2, 0) is 0 Å². The maximum absolute atomic E-state index is 9.15. The topological polar surface area (TPSA) is 35.8 Å². The molecule has 1 aromatic carbocycles. The Balaban J connectivity index is 2.84. The number of nitrogens with zero attached hydrogens (tertiary/aromatic N) is 1. The van der Waals surface area contributed by atoms with Crippen molar-refractivity contribution in [2.24, 2.45) is 0 Å². The van der Waals surface area contributed by atoms with Crippen molar-refractivity contribution in [1.82, 2.24) is 0 Å². The Morgan fingerprint density at radius 2 is 1.80 bits per heavy atom. The highest BCUT2D eigenvalue weighted by atomic mass is 35.5. The maximum atomic E-state index is 9.15. The fourth-order valence-electron chi connectivity index (χ4n) is 1.42. The molecule has 80 valence electrons. The summed E-state index contributed by atoms with van der Waals surface area (Å²) in [4.78, 5) is 0. The van der Waals surface area contributed by atoms with Crippen molar-refractivity contribution < 1.29 is 0 Å². The van der Waals surface area contributed by atoms with Gasteiger partial charge in [0, 0.05) is 10.7 Å². The number of rotatable bonds is 4. The molecule has 1 rings (SSSR count). The normalized spacial score (nSPS) is 10.8. The van der Waals surface area contributed by atoms with Gasteiger partial charge in [-0.05, 0) is 37.1 Å². The molecule has 0 amide bonds. The van der Waals surface area contributed by atoms with Gasteiger partial charge in [0.15, 0.2) is 0 Å². The van der Waals surface area contributed by atoms with Gasteiger partial charge in [-0.1, -0.05) is 25.4 Å². The first-order valence-corrected chi connectivity index (χ1v) is 5.48. The molecule has 0 aliphatic carbocycles. The largest absolute Gasteiger partial charge is 0.367 e. The van der Waals surface area contributed by atoms with Crippen LogP contribution in [0.2, 0.25) is 5.02 Å². The number of benzene rings is 1. The summed E-state index contributed by atoms with van der Waals surface area (Å²) in [6.45, 7) is 4.02. The predicted octanol–water partition coefficient (Wildman–Crippen LogP) is 3.83. The quantitative estimate of drug-likeness (QED) is 0.841. The summed E-state index contributed by atoms with van der Waals surface area (Å²) >= 11 is 5.79. The Morgan fingerprint density at radius 1 is 1.27 bits per heavy atom. The first-order chi connectivity index (χ1) is 7.15. The number of nitriles is 1. The monoisotopic (exact) mass is 222 g/mol. The lowest BCUT2D eigenvalue weighted by Crippen LogP contribution is -2.34. The van der Waals surface area contributed by atoms with E-state index in [0.717, 1.165) is 18.5 Å². The van der Waals surface area contributed by atoms with Gasteiger partial charge in [0.25, 0.3) is 0 Å². The summed E-state index contributed by atoms with van der Waals surface area (Å²) in [5, 5.41) is 13.1. The van der Waals surface area contributed by atoms with Crippen molar-refractivity contribution in [1.29, 1.82) is 5.26 Å². The van der Waals surface area contributed by atoms with Crippen molar-refractivity contribution in [2.75, 3.05) is 5.32 Å². The van der Waals surface area contributed by atoms with E-state index in [-0.39, 0.29) is 0 Å². The smallest absolute Gasteiger partial charge is 0.124 e. The molecule has 15 heavy (non-hydrogen) atoms. The van der Waals surface area contributed by atoms with Gasteiger partial charge in [0.2, 0.25) is 0 Å². The van der Waals surface area contributed by atoms with E-state index in [1.165, 1.54) is 0 Å². The molecule has 1 aromatic rings. The van der Waals surface area contributed by atoms with Crippen molar-refractivity contribution in [3.8, 4) is 6.07 Å². The lowest BCUT2D eigenvalue weighted by molar-refractivity contribution is 0.548. The molecule has 0 saturated carbocycles. The van der Waals surface area contributed by atoms with Gasteiger partial charge in [0.1, 0.15) is 5.54 Å². The first kappa shape index (κ1) is 11.9. The predicted molar refractivity (Wildman–Crippen MR) is 64.0 cm³/mol. The molecule has 0 saturated heterocycles. The van der Waals surface area contributed by atoms with E-state index in [1.54, 1.807) is 0 Å². The van der Waals surface area contributed by atoms with E-state index in [1.807, 2.05) is 38.1 Å². The summed E-state index contributed by atoms with van der Waals surface area (Å²) in [5.41, 5.74) is 0.470. The van der Waals surface area contributed by atoms with Crippen molar-refractivity contribution in [3.05, 3.63) is 29.3 Å². The third kappa shape index (κ3) is 2.87. The number of nitrogens with one attached hydrogen (secondary N) is 1. The van der Waals surface area contributed by atoms with E-state index < -0.39 is 5.54 Å². The van der Waals surface area contributed by atoms with Crippen molar-refractivity contribution >= 4 is 17.3 Å². The zero-order chi connectivity index (χ0) is 11.3. The third-order valence-corrected chi connectivity index (χ3v) is 2.90. The third-order valence-electron chi connectivity index (χ3n) is 2.65. The molecule has 2 nitrogen and oxygen atoms in total. The fourth-order valence-corrected chi connectivity index (χ4v) is 1.55. The molecule has 0 bridgehead atoms. The Bertz CT molecular complexity index is 347. The van der Waals surface area contributed by atoms with Gasteiger partial charge in [-0.15, -0.1) is 0 Å². The number of anilines is 1. The minimum Gasteiger partial charge on any atom is -0.367 e. The van der Waals surface area contributed by atoms with Crippen LogP contribution >= 0.6 is 11.6 Å². The van der Waals surface area contributed by atoms with Gasteiger partial charge in [-0.3, -0.25) is 0 Å². The standard InChI is InChI=1S/C12H15ClN2/c1-3-12(4-2,9-14)15-11-7-5-10(13)6-8-11/h5-8,15H,3-4H2,1-2H3. The van der Waals surface area contributed by atoms with E-state index in [2.05, 4.69) is 11.4 Å². The molecule has 0 aliphatic rings. The van der Waals surface area contributed by atoms with E-state index in [9.17, 15) is 0 Å². The first-order valence-electron chi connectivity index (χ1n) is 5.11. The molecule has 0 spiro atoms. The van der Waals surface area contributed by atoms with Gasteiger partial charge >= 0.3 is 0 Å². The number of hydrogen-bond donors (Lipinski definition) is 1. The highest BCUT2D eigenvalue weighted by molar-refractivity contribution is 6.30. The molecule has 1 N–H and O–H groups in total. The lowest BCUT2D eigenvalue weighted by Gasteiger charge is -2.26. The molecule has 0 aromatic heterocycles. The van der Waals surface area contributed by atoms with Crippen LogP contribution < -0.4 is 5.32 Å². The zero-order valence-corrected chi connectivity index (χ0v) is 9.80. The highest BCUT2D eigenvalue weighted by Crippen LogP contribution is 2.22. The maximum Gasteiger partial charge on any atom is 0.124 e. The second-order valence-corrected chi connectivity index (χ2v) is 3.97. The fraction of sp³-hybridized carbons (Fsp3) is 0.417. The summed E-state index contributed by atoms with van der Waals surface area (Å²) in [7, 11) is 0. The Hall–Kier alpha value is -1.20. The molecule has 0 heterocycles. The molecular weight excluding hydrogens is 208 g/mol. The summed E-state index contributed by atoms with van der Waals surface area (Å²) in [6.07, 6.45) is 1.56. The second kappa shape index (κ2) is 5.04. The Morgan fingerprint density at radius 3 is 2.20 bits per heavy atom. The van der Waals surface area contributed by atoms with Gasteiger partial charge in [0.05, 0.1) is 6.07 Å². The van der Waals surface area contributed by atoms with Crippen LogP contribution in [0.3, 0.4) is 0 Å². The molecule has 0 radical (unpaired) electrons. The summed E-state index contributed by atoms with van der Waals surface area (Å²) in [6, 6.07) is 9.74. The molecule has 3 heteroatoms. The van der Waals surface area contributed by atoms with Crippen molar-refractivity contribution in [2.45, 2.75) is 32.2 Å². The van der Waals surface area contributed by atoms with Crippen LogP contribution in [0, 0.1) is 11.3 Å². The second-order valence-electron chi connectivity index (χ2n) is 3.53. The average molecular weight is 223 g/mol. The van der Waals surface area contributed by atoms with Crippen LogP contribution in [0.15, 0.2) is 24.3 Å². The lowest BCUT2D eigenvalue weighted by atomic mass is 9.94. The van der Waals surface area contributed by atoms with Gasteiger partial charge in [-0.25, -0.2) is 0 Å². The van der Waals surface area contributed by atoms with Crippen LogP contribution in [0.5, 0.6) is 0 Å².